The standard InChI is InChI=1S/C7H16N2O/c1-4-5-9(3)6-7(10)8-2/h4-6H2,1-3H3,(H,8,10). The van der Waals surface area contributed by atoms with Gasteiger partial charge in [-0.05, 0) is 20.0 Å². The number of amides is 1. The first-order chi connectivity index (χ1) is 4.70. The third kappa shape index (κ3) is 4.32. The van der Waals surface area contributed by atoms with E-state index in [-0.39, 0.29) is 5.91 Å². The molecule has 0 fully saturated rings. The van der Waals surface area contributed by atoms with Crippen molar-refractivity contribution >= 4 is 5.91 Å². The van der Waals surface area contributed by atoms with Crippen molar-refractivity contribution in [2.24, 2.45) is 0 Å². The molecule has 0 rings (SSSR count). The van der Waals surface area contributed by atoms with Crippen LogP contribution in [0.2, 0.25) is 0 Å². The lowest BCUT2D eigenvalue weighted by Gasteiger charge is -2.13. The fourth-order valence-electron chi connectivity index (χ4n) is 0.785. The molecule has 0 aromatic rings. The lowest BCUT2D eigenvalue weighted by molar-refractivity contribution is -0.121. The Labute approximate surface area is 62.4 Å². The van der Waals surface area contributed by atoms with Crippen LogP contribution in [0, 0.1) is 0 Å². The summed E-state index contributed by atoms with van der Waals surface area (Å²) in [4.78, 5) is 12.7. The summed E-state index contributed by atoms with van der Waals surface area (Å²) in [7, 11) is 3.60. The summed E-state index contributed by atoms with van der Waals surface area (Å²) in [6, 6.07) is 0. The molecule has 0 aliphatic carbocycles. The van der Waals surface area contributed by atoms with Gasteiger partial charge in [-0.3, -0.25) is 9.69 Å². The maximum atomic E-state index is 10.7. The quantitative estimate of drug-likeness (QED) is 0.605. The van der Waals surface area contributed by atoms with Crippen LogP contribution in [0.5, 0.6) is 0 Å². The van der Waals surface area contributed by atoms with Crippen molar-refractivity contribution in [2.75, 3.05) is 27.2 Å². The van der Waals surface area contributed by atoms with Crippen molar-refractivity contribution in [1.29, 1.82) is 0 Å². The van der Waals surface area contributed by atoms with Gasteiger partial charge in [0.15, 0.2) is 0 Å². The number of hydrogen-bond donors (Lipinski definition) is 1. The predicted octanol–water partition coefficient (Wildman–Crippen LogP) is 0.0742. The first-order valence-corrected chi connectivity index (χ1v) is 3.59. The fraction of sp³-hybridized carbons (Fsp3) is 0.857. The highest BCUT2D eigenvalue weighted by Gasteiger charge is 2.01. The van der Waals surface area contributed by atoms with E-state index in [2.05, 4.69) is 12.2 Å². The normalized spacial score (nSPS) is 10.0. The number of rotatable bonds is 4. The topological polar surface area (TPSA) is 32.3 Å². The Morgan fingerprint density at radius 3 is 2.60 bits per heavy atom. The van der Waals surface area contributed by atoms with Crippen LogP contribution in [-0.4, -0.2) is 38.0 Å². The summed E-state index contributed by atoms with van der Waals surface area (Å²) in [5.74, 6) is 0.0796. The Balaban J connectivity index is 3.37. The van der Waals surface area contributed by atoms with E-state index in [1.807, 2.05) is 11.9 Å². The van der Waals surface area contributed by atoms with E-state index in [1.54, 1.807) is 7.05 Å². The molecule has 1 N–H and O–H groups in total. The zero-order chi connectivity index (χ0) is 7.98. The molecule has 0 aliphatic heterocycles. The van der Waals surface area contributed by atoms with Crippen LogP contribution in [0.1, 0.15) is 13.3 Å². The molecule has 0 aromatic heterocycles. The summed E-state index contributed by atoms with van der Waals surface area (Å²) < 4.78 is 0. The number of hydrogen-bond acceptors (Lipinski definition) is 2. The summed E-state index contributed by atoms with van der Waals surface area (Å²) in [6.07, 6.45) is 1.09. The first kappa shape index (κ1) is 9.43. The van der Waals surface area contributed by atoms with Gasteiger partial charge in [0.1, 0.15) is 0 Å². The molecule has 0 aliphatic rings. The minimum Gasteiger partial charge on any atom is -0.358 e. The predicted molar refractivity (Wildman–Crippen MR) is 41.9 cm³/mol. The third-order valence-corrected chi connectivity index (χ3v) is 1.30. The molecule has 0 aromatic carbocycles. The van der Waals surface area contributed by atoms with Gasteiger partial charge in [-0.15, -0.1) is 0 Å². The monoisotopic (exact) mass is 144 g/mol. The van der Waals surface area contributed by atoms with Gasteiger partial charge in [0, 0.05) is 7.05 Å². The molecule has 3 nitrogen and oxygen atoms in total. The largest absolute Gasteiger partial charge is 0.358 e. The maximum absolute atomic E-state index is 10.7. The zero-order valence-corrected chi connectivity index (χ0v) is 6.98. The number of likely N-dealkylation sites (N-methyl/N-ethyl adjacent to an activating group) is 2. The van der Waals surface area contributed by atoms with Crippen molar-refractivity contribution in [3.63, 3.8) is 0 Å². The van der Waals surface area contributed by atoms with Gasteiger partial charge >= 0.3 is 0 Å². The van der Waals surface area contributed by atoms with Gasteiger partial charge < -0.3 is 5.32 Å². The van der Waals surface area contributed by atoms with Crippen LogP contribution in [0.3, 0.4) is 0 Å². The van der Waals surface area contributed by atoms with E-state index in [4.69, 9.17) is 0 Å². The lowest BCUT2D eigenvalue weighted by atomic mass is 10.4. The van der Waals surface area contributed by atoms with E-state index < -0.39 is 0 Å². The second-order valence-electron chi connectivity index (χ2n) is 2.41. The minimum atomic E-state index is 0.0796. The summed E-state index contributed by atoms with van der Waals surface area (Å²) in [6.45, 7) is 3.58. The highest BCUT2D eigenvalue weighted by Crippen LogP contribution is 1.84. The first-order valence-electron chi connectivity index (χ1n) is 3.59. The van der Waals surface area contributed by atoms with Gasteiger partial charge in [0.25, 0.3) is 0 Å². The van der Waals surface area contributed by atoms with E-state index >= 15 is 0 Å². The third-order valence-electron chi connectivity index (χ3n) is 1.30. The number of carbonyl (C=O) groups excluding carboxylic acids is 1. The van der Waals surface area contributed by atoms with E-state index in [0.29, 0.717) is 6.54 Å². The summed E-state index contributed by atoms with van der Waals surface area (Å²) in [5.41, 5.74) is 0. The van der Waals surface area contributed by atoms with Crippen molar-refractivity contribution in [1.82, 2.24) is 10.2 Å². The molecule has 0 spiro atoms. The van der Waals surface area contributed by atoms with Crippen LogP contribution >= 0.6 is 0 Å². The molecule has 0 bridgehead atoms. The van der Waals surface area contributed by atoms with Gasteiger partial charge in [-0.2, -0.15) is 0 Å². The van der Waals surface area contributed by atoms with Gasteiger partial charge in [0.05, 0.1) is 6.54 Å². The molecule has 60 valence electrons. The minimum absolute atomic E-state index is 0.0796. The van der Waals surface area contributed by atoms with Crippen LogP contribution < -0.4 is 5.32 Å². The molecule has 0 atom stereocenters. The van der Waals surface area contributed by atoms with Gasteiger partial charge in [-0.1, -0.05) is 6.92 Å². The molecule has 0 saturated carbocycles. The molecule has 0 saturated heterocycles. The number of nitrogens with zero attached hydrogens (tertiary/aromatic N) is 1. The smallest absolute Gasteiger partial charge is 0.233 e. The Bertz CT molecular complexity index is 104. The average Bonchev–Trinajstić information content (AvgIpc) is 1.88. The Kier molecular flexibility index (Phi) is 4.94. The molecule has 0 unspecified atom stereocenters. The van der Waals surface area contributed by atoms with Crippen molar-refractivity contribution in [3.05, 3.63) is 0 Å². The van der Waals surface area contributed by atoms with Crippen LogP contribution in [0.15, 0.2) is 0 Å². The van der Waals surface area contributed by atoms with Crippen LogP contribution in [0.25, 0.3) is 0 Å². The lowest BCUT2D eigenvalue weighted by Crippen LogP contribution is -2.33. The second kappa shape index (κ2) is 5.23. The van der Waals surface area contributed by atoms with E-state index in [0.717, 1.165) is 13.0 Å². The molecule has 1 amide bonds. The summed E-state index contributed by atoms with van der Waals surface area (Å²) >= 11 is 0. The Hall–Kier alpha value is -0.570. The highest BCUT2D eigenvalue weighted by atomic mass is 16.1. The fourth-order valence-corrected chi connectivity index (χ4v) is 0.785. The van der Waals surface area contributed by atoms with Gasteiger partial charge in [0.2, 0.25) is 5.91 Å². The summed E-state index contributed by atoms with van der Waals surface area (Å²) in [5, 5.41) is 2.57. The van der Waals surface area contributed by atoms with E-state index in [1.165, 1.54) is 0 Å². The van der Waals surface area contributed by atoms with Crippen LogP contribution in [-0.2, 0) is 4.79 Å². The molecular formula is C7H16N2O. The maximum Gasteiger partial charge on any atom is 0.233 e. The average molecular weight is 144 g/mol. The SMILES string of the molecule is CCCN(C)CC(=O)NC. The Morgan fingerprint density at radius 1 is 1.60 bits per heavy atom. The zero-order valence-electron chi connectivity index (χ0n) is 6.98. The molecule has 0 radical (unpaired) electrons. The van der Waals surface area contributed by atoms with E-state index in [9.17, 15) is 4.79 Å². The molecule has 3 heteroatoms. The molecule has 10 heavy (non-hydrogen) atoms. The molecular weight excluding hydrogens is 128 g/mol. The van der Waals surface area contributed by atoms with Gasteiger partial charge in [-0.25, -0.2) is 0 Å². The van der Waals surface area contributed by atoms with Crippen molar-refractivity contribution in [2.45, 2.75) is 13.3 Å². The highest BCUT2D eigenvalue weighted by molar-refractivity contribution is 5.77. The molecule has 0 heterocycles. The number of nitrogens with one attached hydrogen (secondary N) is 1. The number of carbonyl (C=O) groups is 1. The van der Waals surface area contributed by atoms with Crippen LogP contribution in [0.4, 0.5) is 0 Å². The Morgan fingerprint density at radius 2 is 2.20 bits per heavy atom. The van der Waals surface area contributed by atoms with Crippen molar-refractivity contribution < 1.29 is 4.79 Å². The van der Waals surface area contributed by atoms with Crippen molar-refractivity contribution in [3.8, 4) is 0 Å². The second-order valence-corrected chi connectivity index (χ2v) is 2.41.